The maximum atomic E-state index is 4.31. The first kappa shape index (κ1) is 11.9. The van der Waals surface area contributed by atoms with Crippen LogP contribution in [0.4, 0.5) is 5.82 Å². The van der Waals surface area contributed by atoms with E-state index in [4.69, 9.17) is 0 Å². The summed E-state index contributed by atoms with van der Waals surface area (Å²) in [5.41, 5.74) is 1.01. The molecule has 1 aromatic rings. The van der Waals surface area contributed by atoms with E-state index in [9.17, 15) is 0 Å². The number of aryl methyl sites for hydroxylation is 2. The highest BCUT2D eigenvalue weighted by atomic mass is 15.1. The van der Waals surface area contributed by atoms with Crippen molar-refractivity contribution in [1.29, 1.82) is 0 Å². The van der Waals surface area contributed by atoms with Gasteiger partial charge in [-0.05, 0) is 40.9 Å². The van der Waals surface area contributed by atoms with Crippen LogP contribution in [-0.2, 0) is 0 Å². The average Bonchev–Trinajstić information content (AvgIpc) is 2.10. The Morgan fingerprint density at radius 2 is 2.00 bits per heavy atom. The Hall–Kier alpha value is -1.16. The van der Waals surface area contributed by atoms with Crippen molar-refractivity contribution in [3.05, 3.63) is 17.6 Å². The molecule has 0 aromatic carbocycles. The van der Waals surface area contributed by atoms with Gasteiger partial charge in [0.2, 0.25) is 0 Å². The lowest BCUT2D eigenvalue weighted by Gasteiger charge is -2.10. The fourth-order valence-electron chi connectivity index (χ4n) is 1.42. The summed E-state index contributed by atoms with van der Waals surface area (Å²) >= 11 is 0. The SMILES string of the molecule is Cc1cc(NCCCN(C)C)nc(C)n1. The number of nitrogens with one attached hydrogen (secondary N) is 1. The molecule has 0 aliphatic rings. The molecule has 0 amide bonds. The average molecular weight is 208 g/mol. The number of rotatable bonds is 5. The van der Waals surface area contributed by atoms with Crippen molar-refractivity contribution in [3.63, 3.8) is 0 Å². The fraction of sp³-hybridized carbons (Fsp3) is 0.636. The van der Waals surface area contributed by atoms with Gasteiger partial charge in [-0.1, -0.05) is 0 Å². The van der Waals surface area contributed by atoms with Crippen molar-refractivity contribution in [2.45, 2.75) is 20.3 Å². The predicted octanol–water partition coefficient (Wildman–Crippen LogP) is 1.46. The molecule has 15 heavy (non-hydrogen) atoms. The summed E-state index contributed by atoms with van der Waals surface area (Å²) < 4.78 is 0. The first-order valence-electron chi connectivity index (χ1n) is 5.29. The molecule has 0 radical (unpaired) electrons. The van der Waals surface area contributed by atoms with Gasteiger partial charge in [-0.15, -0.1) is 0 Å². The Morgan fingerprint density at radius 1 is 1.27 bits per heavy atom. The first-order chi connectivity index (χ1) is 7.08. The molecule has 4 nitrogen and oxygen atoms in total. The van der Waals surface area contributed by atoms with Crippen LogP contribution in [0.3, 0.4) is 0 Å². The van der Waals surface area contributed by atoms with Crippen molar-refractivity contribution in [2.75, 3.05) is 32.5 Å². The topological polar surface area (TPSA) is 41.0 Å². The molecule has 0 bridgehead atoms. The van der Waals surface area contributed by atoms with Crippen LogP contribution in [0, 0.1) is 13.8 Å². The second-order valence-corrected chi connectivity index (χ2v) is 4.03. The summed E-state index contributed by atoms with van der Waals surface area (Å²) in [6.45, 7) is 5.95. The number of aromatic nitrogens is 2. The van der Waals surface area contributed by atoms with Gasteiger partial charge < -0.3 is 10.2 Å². The zero-order chi connectivity index (χ0) is 11.3. The van der Waals surface area contributed by atoms with Crippen molar-refractivity contribution in [2.24, 2.45) is 0 Å². The molecule has 1 rings (SSSR count). The predicted molar refractivity (Wildman–Crippen MR) is 63.2 cm³/mol. The highest BCUT2D eigenvalue weighted by Gasteiger charge is 1.97. The van der Waals surface area contributed by atoms with E-state index in [1.807, 2.05) is 19.9 Å². The maximum absolute atomic E-state index is 4.31. The van der Waals surface area contributed by atoms with Gasteiger partial charge in [0, 0.05) is 18.3 Å². The summed E-state index contributed by atoms with van der Waals surface area (Å²) in [4.78, 5) is 10.7. The molecule has 0 unspecified atom stereocenters. The molecular weight excluding hydrogens is 188 g/mol. The summed E-state index contributed by atoms with van der Waals surface area (Å²) in [5.74, 6) is 1.75. The van der Waals surface area contributed by atoms with E-state index in [-0.39, 0.29) is 0 Å². The van der Waals surface area contributed by atoms with Crippen molar-refractivity contribution >= 4 is 5.82 Å². The molecule has 0 fully saturated rings. The van der Waals surface area contributed by atoms with E-state index < -0.39 is 0 Å². The zero-order valence-electron chi connectivity index (χ0n) is 10.0. The summed E-state index contributed by atoms with van der Waals surface area (Å²) in [6, 6.07) is 1.97. The Bertz CT molecular complexity index is 289. The lowest BCUT2D eigenvalue weighted by Crippen LogP contribution is -2.16. The number of hydrogen-bond donors (Lipinski definition) is 1. The molecule has 0 spiro atoms. The number of nitrogens with zero attached hydrogens (tertiary/aromatic N) is 3. The molecule has 0 aliphatic carbocycles. The van der Waals surface area contributed by atoms with Crippen LogP contribution >= 0.6 is 0 Å². The molecule has 0 saturated carbocycles. The smallest absolute Gasteiger partial charge is 0.129 e. The zero-order valence-corrected chi connectivity index (χ0v) is 10.0. The van der Waals surface area contributed by atoms with Gasteiger partial charge in [0.1, 0.15) is 11.6 Å². The van der Waals surface area contributed by atoms with Gasteiger partial charge in [0.05, 0.1) is 0 Å². The first-order valence-corrected chi connectivity index (χ1v) is 5.29. The molecule has 0 saturated heterocycles. The molecule has 1 heterocycles. The minimum Gasteiger partial charge on any atom is -0.370 e. The normalized spacial score (nSPS) is 10.7. The Kier molecular flexibility index (Phi) is 4.49. The number of anilines is 1. The van der Waals surface area contributed by atoms with Gasteiger partial charge in [0.25, 0.3) is 0 Å². The highest BCUT2D eigenvalue weighted by Crippen LogP contribution is 2.05. The second-order valence-electron chi connectivity index (χ2n) is 4.03. The summed E-state index contributed by atoms with van der Waals surface area (Å²) in [5, 5.41) is 3.30. The van der Waals surface area contributed by atoms with E-state index in [1.165, 1.54) is 0 Å². The lowest BCUT2D eigenvalue weighted by atomic mass is 10.3. The van der Waals surface area contributed by atoms with Crippen molar-refractivity contribution in [3.8, 4) is 0 Å². The summed E-state index contributed by atoms with van der Waals surface area (Å²) in [6.07, 6.45) is 1.12. The maximum Gasteiger partial charge on any atom is 0.129 e. The Morgan fingerprint density at radius 3 is 2.60 bits per heavy atom. The second kappa shape index (κ2) is 5.66. The fourth-order valence-corrected chi connectivity index (χ4v) is 1.42. The van der Waals surface area contributed by atoms with Gasteiger partial charge in [-0.25, -0.2) is 9.97 Å². The third-order valence-electron chi connectivity index (χ3n) is 2.05. The third kappa shape index (κ3) is 4.74. The monoisotopic (exact) mass is 208 g/mol. The van der Waals surface area contributed by atoms with Crippen molar-refractivity contribution < 1.29 is 0 Å². The minimum atomic E-state index is 0.824. The van der Waals surface area contributed by atoms with E-state index >= 15 is 0 Å². The Labute approximate surface area is 91.7 Å². The van der Waals surface area contributed by atoms with Crippen LogP contribution < -0.4 is 5.32 Å². The van der Waals surface area contributed by atoms with Gasteiger partial charge in [-0.3, -0.25) is 0 Å². The van der Waals surface area contributed by atoms with Crippen LogP contribution in [0.5, 0.6) is 0 Å². The van der Waals surface area contributed by atoms with Gasteiger partial charge >= 0.3 is 0 Å². The molecule has 0 atom stereocenters. The standard InChI is InChI=1S/C11H20N4/c1-9-8-11(14-10(2)13-9)12-6-5-7-15(3)4/h8H,5-7H2,1-4H3,(H,12,13,14). The molecule has 1 N–H and O–H groups in total. The third-order valence-corrected chi connectivity index (χ3v) is 2.05. The Balaban J connectivity index is 2.37. The van der Waals surface area contributed by atoms with E-state index in [0.717, 1.165) is 36.8 Å². The molecular formula is C11H20N4. The largest absolute Gasteiger partial charge is 0.370 e. The van der Waals surface area contributed by atoms with E-state index in [2.05, 4.69) is 34.3 Å². The molecule has 4 heteroatoms. The van der Waals surface area contributed by atoms with E-state index in [0.29, 0.717) is 0 Å². The number of hydrogen-bond acceptors (Lipinski definition) is 4. The van der Waals surface area contributed by atoms with Crippen LogP contribution in [0.1, 0.15) is 17.9 Å². The highest BCUT2D eigenvalue weighted by molar-refractivity contribution is 5.35. The van der Waals surface area contributed by atoms with Crippen LogP contribution in [0.2, 0.25) is 0 Å². The minimum absolute atomic E-state index is 0.824. The molecule has 1 aromatic heterocycles. The summed E-state index contributed by atoms with van der Waals surface area (Å²) in [7, 11) is 4.16. The quantitative estimate of drug-likeness (QED) is 0.744. The van der Waals surface area contributed by atoms with Crippen LogP contribution in [0.25, 0.3) is 0 Å². The van der Waals surface area contributed by atoms with E-state index in [1.54, 1.807) is 0 Å². The molecule has 0 aliphatic heterocycles. The van der Waals surface area contributed by atoms with Crippen LogP contribution in [-0.4, -0.2) is 42.1 Å². The van der Waals surface area contributed by atoms with Crippen molar-refractivity contribution in [1.82, 2.24) is 14.9 Å². The van der Waals surface area contributed by atoms with Gasteiger partial charge in [-0.2, -0.15) is 0 Å². The lowest BCUT2D eigenvalue weighted by molar-refractivity contribution is 0.405. The van der Waals surface area contributed by atoms with Crippen LogP contribution in [0.15, 0.2) is 6.07 Å². The molecule has 84 valence electrons. The van der Waals surface area contributed by atoms with Gasteiger partial charge in [0.15, 0.2) is 0 Å².